The molecular formula is C31H42O8. The summed E-state index contributed by atoms with van der Waals surface area (Å²) in [6.07, 6.45) is 9.19. The Bertz CT molecular complexity index is 1100. The van der Waals surface area contributed by atoms with Gasteiger partial charge in [-0.1, -0.05) is 71.3 Å². The highest BCUT2D eigenvalue weighted by atomic mass is 16.6. The number of carbonyl (C=O) groups excluding carboxylic acids is 2. The molecule has 0 saturated carbocycles. The zero-order valence-electron chi connectivity index (χ0n) is 23.1. The molecule has 1 aliphatic heterocycles. The predicted molar refractivity (Wildman–Crippen MR) is 147 cm³/mol. The quantitative estimate of drug-likeness (QED) is 0.0950. The van der Waals surface area contributed by atoms with E-state index in [-0.39, 0.29) is 54.2 Å². The predicted octanol–water partition coefficient (Wildman–Crippen LogP) is 7.02. The molecule has 1 aliphatic rings. The maximum Gasteiger partial charge on any atom is 0.311 e. The third kappa shape index (κ3) is 9.08. The first-order chi connectivity index (χ1) is 18.8. The topological polar surface area (TPSA) is 123 Å². The van der Waals surface area contributed by atoms with Gasteiger partial charge in [0.1, 0.15) is 23.4 Å². The molecule has 8 nitrogen and oxygen atoms in total. The van der Waals surface area contributed by atoms with Crippen LogP contribution in [0.5, 0.6) is 28.7 Å². The summed E-state index contributed by atoms with van der Waals surface area (Å²) in [7, 11) is 0. The molecule has 0 fully saturated rings. The largest absolute Gasteiger partial charge is 0.507 e. The number of carbonyl (C=O) groups is 2. The van der Waals surface area contributed by atoms with Gasteiger partial charge in [-0.05, 0) is 25.0 Å². The van der Waals surface area contributed by atoms with Gasteiger partial charge in [-0.25, -0.2) is 0 Å². The summed E-state index contributed by atoms with van der Waals surface area (Å²) in [4.78, 5) is 25.0. The van der Waals surface area contributed by atoms with E-state index in [2.05, 4.69) is 13.8 Å². The van der Waals surface area contributed by atoms with E-state index in [4.69, 9.17) is 14.2 Å². The van der Waals surface area contributed by atoms with E-state index in [1.807, 2.05) is 0 Å². The van der Waals surface area contributed by atoms with Crippen LogP contribution in [-0.4, -0.2) is 33.4 Å². The van der Waals surface area contributed by atoms with Gasteiger partial charge >= 0.3 is 11.9 Å². The molecule has 0 aliphatic carbocycles. The fraction of sp³-hybridized carbons (Fsp3) is 0.548. The van der Waals surface area contributed by atoms with E-state index in [0.29, 0.717) is 16.9 Å². The molecule has 0 radical (unpaired) electrons. The normalized spacial score (nSPS) is 16.3. The summed E-state index contributed by atoms with van der Waals surface area (Å²) in [5.41, 5.74) is 0.931. The number of hydrogen-bond acceptors (Lipinski definition) is 8. The van der Waals surface area contributed by atoms with Crippen molar-refractivity contribution in [2.45, 2.75) is 110 Å². The van der Waals surface area contributed by atoms with Crippen LogP contribution in [-0.2, 0) is 20.7 Å². The molecule has 2 aromatic carbocycles. The minimum Gasteiger partial charge on any atom is -0.507 e. The average Bonchev–Trinajstić information content (AvgIpc) is 2.90. The molecule has 3 N–H and O–H groups in total. The number of ether oxygens (including phenoxy) is 3. The molecular weight excluding hydrogens is 500 g/mol. The number of unbranched alkanes of at least 4 members (excludes halogenated alkanes) is 8. The van der Waals surface area contributed by atoms with Gasteiger partial charge in [-0.15, -0.1) is 0 Å². The highest BCUT2D eigenvalue weighted by Crippen LogP contribution is 2.44. The van der Waals surface area contributed by atoms with Gasteiger partial charge in [0.25, 0.3) is 0 Å². The summed E-state index contributed by atoms with van der Waals surface area (Å²) in [5.74, 6) is -1.01. The molecule has 2 unspecified atom stereocenters. The van der Waals surface area contributed by atoms with Crippen LogP contribution in [0.15, 0.2) is 30.3 Å². The van der Waals surface area contributed by atoms with Crippen molar-refractivity contribution < 1.29 is 39.1 Å². The Balaban J connectivity index is 1.74. The Morgan fingerprint density at radius 1 is 0.795 bits per heavy atom. The smallest absolute Gasteiger partial charge is 0.311 e. The van der Waals surface area contributed by atoms with Crippen LogP contribution in [0.25, 0.3) is 0 Å². The number of phenolic OH excluding ortho intramolecular Hbond substituents is 3. The standard InChI is InChI=1S/C31H42O8/c1-3-5-7-9-11-13-29(35)37-22-18-25(33)23-20-28(38-30(36)14-12-10-8-6-4-2)31(39-27(23)19-22)21-15-16-24(32)26(34)17-21/h15-19,28,31-34H,3-14,20H2,1-2H3. The fourth-order valence-corrected chi connectivity index (χ4v) is 4.76. The van der Waals surface area contributed by atoms with Crippen molar-refractivity contribution in [3.8, 4) is 28.7 Å². The third-order valence-electron chi connectivity index (χ3n) is 6.97. The minimum atomic E-state index is -0.808. The Morgan fingerprint density at radius 3 is 2.08 bits per heavy atom. The number of rotatable bonds is 15. The Morgan fingerprint density at radius 2 is 1.44 bits per heavy atom. The molecule has 0 aromatic heterocycles. The Labute approximate surface area is 230 Å². The van der Waals surface area contributed by atoms with Crippen LogP contribution in [0.3, 0.4) is 0 Å². The Hall–Kier alpha value is -3.42. The van der Waals surface area contributed by atoms with Crippen molar-refractivity contribution in [3.63, 3.8) is 0 Å². The molecule has 0 amide bonds. The molecule has 39 heavy (non-hydrogen) atoms. The first-order valence-electron chi connectivity index (χ1n) is 14.3. The third-order valence-corrected chi connectivity index (χ3v) is 6.97. The van der Waals surface area contributed by atoms with Crippen molar-refractivity contribution in [2.24, 2.45) is 0 Å². The van der Waals surface area contributed by atoms with Gasteiger partial charge in [-0.3, -0.25) is 9.59 Å². The fourth-order valence-electron chi connectivity index (χ4n) is 4.76. The lowest BCUT2D eigenvalue weighted by atomic mass is 9.93. The second-order valence-electron chi connectivity index (χ2n) is 10.2. The van der Waals surface area contributed by atoms with Crippen molar-refractivity contribution in [3.05, 3.63) is 41.5 Å². The van der Waals surface area contributed by atoms with E-state index in [1.165, 1.54) is 18.2 Å². The van der Waals surface area contributed by atoms with Gasteiger partial charge in [0.15, 0.2) is 17.6 Å². The summed E-state index contributed by atoms with van der Waals surface area (Å²) in [6.45, 7) is 4.27. The lowest BCUT2D eigenvalue weighted by Crippen LogP contribution is -2.34. The molecule has 2 aromatic rings. The van der Waals surface area contributed by atoms with E-state index >= 15 is 0 Å². The van der Waals surface area contributed by atoms with E-state index in [9.17, 15) is 24.9 Å². The van der Waals surface area contributed by atoms with Crippen molar-refractivity contribution in [2.75, 3.05) is 0 Å². The summed E-state index contributed by atoms with van der Waals surface area (Å²) in [5, 5.41) is 30.6. The first-order valence-corrected chi connectivity index (χ1v) is 14.3. The van der Waals surface area contributed by atoms with Crippen LogP contribution in [0.1, 0.15) is 108 Å². The maximum absolute atomic E-state index is 12.7. The molecule has 2 atom stereocenters. The molecule has 8 heteroatoms. The molecule has 1 heterocycles. The van der Waals surface area contributed by atoms with Gasteiger partial charge in [-0.2, -0.15) is 0 Å². The van der Waals surface area contributed by atoms with Gasteiger partial charge in [0.2, 0.25) is 0 Å². The van der Waals surface area contributed by atoms with E-state index in [0.717, 1.165) is 64.2 Å². The number of hydrogen-bond donors (Lipinski definition) is 3. The Kier molecular flexibility index (Phi) is 11.8. The number of aromatic hydroxyl groups is 3. The number of benzene rings is 2. The monoisotopic (exact) mass is 542 g/mol. The molecule has 0 saturated heterocycles. The van der Waals surface area contributed by atoms with Gasteiger partial charge in [0, 0.05) is 42.5 Å². The first kappa shape index (κ1) is 30.1. The highest BCUT2D eigenvalue weighted by Gasteiger charge is 2.36. The molecule has 214 valence electrons. The molecule has 3 rings (SSSR count). The SMILES string of the molecule is CCCCCCCC(=O)Oc1cc(O)c2c(c1)OC(c1ccc(O)c(O)c1)C(OC(=O)CCCCCCC)C2. The lowest BCUT2D eigenvalue weighted by Gasteiger charge is -2.34. The van der Waals surface area contributed by atoms with Crippen molar-refractivity contribution in [1.29, 1.82) is 0 Å². The summed E-state index contributed by atoms with van der Waals surface area (Å²) < 4.78 is 17.5. The van der Waals surface area contributed by atoms with Crippen LogP contribution < -0.4 is 9.47 Å². The van der Waals surface area contributed by atoms with Crippen LogP contribution in [0.2, 0.25) is 0 Å². The minimum absolute atomic E-state index is 0.120. The van der Waals surface area contributed by atoms with Crippen LogP contribution >= 0.6 is 0 Å². The number of fused-ring (bicyclic) bond motifs is 1. The zero-order valence-corrected chi connectivity index (χ0v) is 23.1. The van der Waals surface area contributed by atoms with Crippen molar-refractivity contribution in [1.82, 2.24) is 0 Å². The van der Waals surface area contributed by atoms with Crippen LogP contribution in [0, 0.1) is 0 Å². The molecule has 0 bridgehead atoms. The zero-order chi connectivity index (χ0) is 28.2. The van der Waals surface area contributed by atoms with Gasteiger partial charge < -0.3 is 29.5 Å². The average molecular weight is 543 g/mol. The van der Waals surface area contributed by atoms with Crippen LogP contribution in [0.4, 0.5) is 0 Å². The highest BCUT2D eigenvalue weighted by molar-refractivity contribution is 5.73. The summed E-state index contributed by atoms with van der Waals surface area (Å²) >= 11 is 0. The van der Waals surface area contributed by atoms with E-state index < -0.39 is 12.2 Å². The van der Waals surface area contributed by atoms with Crippen molar-refractivity contribution >= 4 is 11.9 Å². The molecule has 0 spiro atoms. The second-order valence-corrected chi connectivity index (χ2v) is 10.2. The lowest BCUT2D eigenvalue weighted by molar-refractivity contribution is -0.155. The number of esters is 2. The summed E-state index contributed by atoms with van der Waals surface area (Å²) in [6, 6.07) is 7.20. The maximum atomic E-state index is 12.7. The number of phenols is 3. The van der Waals surface area contributed by atoms with E-state index in [1.54, 1.807) is 12.1 Å². The van der Waals surface area contributed by atoms with Gasteiger partial charge in [0.05, 0.1) is 0 Å². The second kappa shape index (κ2) is 15.2.